The van der Waals surface area contributed by atoms with Crippen LogP contribution < -0.4 is 5.73 Å². The second-order valence-corrected chi connectivity index (χ2v) is 5.09. The third-order valence-corrected chi connectivity index (χ3v) is 3.49. The van der Waals surface area contributed by atoms with Gasteiger partial charge in [-0.1, -0.05) is 17.7 Å². The molecule has 0 spiro atoms. The first kappa shape index (κ1) is 12.4. The molecule has 2 aromatic rings. The summed E-state index contributed by atoms with van der Waals surface area (Å²) in [6, 6.07) is 5.60. The lowest BCUT2D eigenvalue weighted by Crippen LogP contribution is -2.18. The van der Waals surface area contributed by atoms with E-state index in [2.05, 4.69) is 9.88 Å². The fourth-order valence-electron chi connectivity index (χ4n) is 1.66. The van der Waals surface area contributed by atoms with Crippen LogP contribution in [-0.4, -0.2) is 16.9 Å². The van der Waals surface area contributed by atoms with E-state index in [1.54, 1.807) is 11.3 Å². The molecule has 0 saturated heterocycles. The predicted molar refractivity (Wildman–Crippen MR) is 73.1 cm³/mol. The van der Waals surface area contributed by atoms with Crippen molar-refractivity contribution in [2.75, 3.05) is 12.8 Å². The number of thiazole rings is 1. The van der Waals surface area contributed by atoms with E-state index in [1.165, 1.54) is 0 Å². The van der Waals surface area contributed by atoms with Crippen LogP contribution in [-0.2, 0) is 13.1 Å². The lowest BCUT2D eigenvalue weighted by Gasteiger charge is -2.17. The van der Waals surface area contributed by atoms with Crippen LogP contribution >= 0.6 is 22.9 Å². The Morgan fingerprint density at radius 3 is 2.88 bits per heavy atom. The zero-order valence-corrected chi connectivity index (χ0v) is 11.1. The molecule has 0 aliphatic heterocycles. The van der Waals surface area contributed by atoms with Crippen LogP contribution in [0, 0.1) is 0 Å². The van der Waals surface area contributed by atoms with Gasteiger partial charge < -0.3 is 5.73 Å². The second-order valence-electron chi connectivity index (χ2n) is 3.96. The number of nitrogens with zero attached hydrogens (tertiary/aromatic N) is 2. The molecule has 1 aromatic heterocycles. The molecule has 2 N–H and O–H groups in total. The third-order valence-electron chi connectivity index (χ3n) is 2.50. The highest BCUT2D eigenvalue weighted by Gasteiger charge is 2.08. The number of rotatable bonds is 4. The molecule has 0 aliphatic rings. The van der Waals surface area contributed by atoms with E-state index in [0.29, 0.717) is 0 Å². The maximum Gasteiger partial charge on any atom is 0.0795 e. The van der Waals surface area contributed by atoms with Gasteiger partial charge in [0.1, 0.15) is 0 Å². The van der Waals surface area contributed by atoms with Crippen molar-refractivity contribution in [3.8, 4) is 0 Å². The van der Waals surface area contributed by atoms with Gasteiger partial charge in [-0.15, -0.1) is 11.3 Å². The Hall–Kier alpha value is -1.10. The van der Waals surface area contributed by atoms with Crippen molar-refractivity contribution in [3.05, 3.63) is 45.4 Å². The molecule has 1 heterocycles. The molecule has 2 rings (SSSR count). The number of benzene rings is 1. The van der Waals surface area contributed by atoms with Gasteiger partial charge in [0.25, 0.3) is 0 Å². The predicted octanol–water partition coefficient (Wildman–Crippen LogP) is 3.01. The molecule has 0 unspecified atom stereocenters. The lowest BCUT2D eigenvalue weighted by atomic mass is 10.1. The zero-order valence-electron chi connectivity index (χ0n) is 9.56. The zero-order chi connectivity index (χ0) is 12.3. The number of aromatic nitrogens is 1. The molecule has 5 heteroatoms. The maximum absolute atomic E-state index is 6.14. The summed E-state index contributed by atoms with van der Waals surface area (Å²) in [6.45, 7) is 1.52. The SMILES string of the molecule is CN(Cc1cscn1)Cc1c(N)cccc1Cl. The summed E-state index contributed by atoms with van der Waals surface area (Å²) in [5.41, 5.74) is 10.5. The van der Waals surface area contributed by atoms with E-state index < -0.39 is 0 Å². The van der Waals surface area contributed by atoms with Crippen molar-refractivity contribution >= 4 is 28.6 Å². The Morgan fingerprint density at radius 2 is 2.24 bits per heavy atom. The van der Waals surface area contributed by atoms with Crippen molar-refractivity contribution in [3.63, 3.8) is 0 Å². The summed E-state index contributed by atoms with van der Waals surface area (Å²) in [5, 5.41) is 2.77. The van der Waals surface area contributed by atoms with Crippen molar-refractivity contribution in [1.29, 1.82) is 0 Å². The van der Waals surface area contributed by atoms with E-state index in [9.17, 15) is 0 Å². The molecule has 0 saturated carbocycles. The number of nitrogen functional groups attached to an aromatic ring is 1. The van der Waals surface area contributed by atoms with E-state index in [-0.39, 0.29) is 0 Å². The van der Waals surface area contributed by atoms with Crippen molar-refractivity contribution in [1.82, 2.24) is 9.88 Å². The molecule has 1 aromatic carbocycles. The quantitative estimate of drug-likeness (QED) is 0.866. The van der Waals surface area contributed by atoms with Gasteiger partial charge in [-0.05, 0) is 19.2 Å². The lowest BCUT2D eigenvalue weighted by molar-refractivity contribution is 0.316. The largest absolute Gasteiger partial charge is 0.398 e. The minimum absolute atomic E-state index is 0.718. The summed E-state index contributed by atoms with van der Waals surface area (Å²) in [5.74, 6) is 0. The second kappa shape index (κ2) is 5.49. The van der Waals surface area contributed by atoms with Crippen LogP contribution in [0.25, 0.3) is 0 Å². The van der Waals surface area contributed by atoms with Crippen LogP contribution in [0.15, 0.2) is 29.1 Å². The van der Waals surface area contributed by atoms with Gasteiger partial charge in [-0.25, -0.2) is 4.98 Å². The molecule has 0 amide bonds. The highest BCUT2D eigenvalue weighted by atomic mass is 35.5. The molecule has 0 fully saturated rings. The molecule has 0 atom stereocenters. The number of halogens is 1. The van der Waals surface area contributed by atoms with Gasteiger partial charge in [0, 0.05) is 34.7 Å². The summed E-state index contributed by atoms with van der Waals surface area (Å²) in [4.78, 5) is 6.40. The van der Waals surface area contributed by atoms with Crippen molar-refractivity contribution in [2.45, 2.75) is 13.1 Å². The Balaban J connectivity index is 2.05. The number of nitrogens with two attached hydrogens (primary N) is 1. The Labute approximate surface area is 110 Å². The molecule has 90 valence electrons. The number of hydrogen-bond donors (Lipinski definition) is 1. The van der Waals surface area contributed by atoms with E-state index in [1.807, 2.05) is 36.1 Å². The third kappa shape index (κ3) is 3.19. The van der Waals surface area contributed by atoms with Crippen LogP contribution in [0.5, 0.6) is 0 Å². The van der Waals surface area contributed by atoms with E-state index in [4.69, 9.17) is 17.3 Å². The summed E-state index contributed by atoms with van der Waals surface area (Å²) in [7, 11) is 2.03. The minimum atomic E-state index is 0.718. The van der Waals surface area contributed by atoms with Gasteiger partial charge in [-0.2, -0.15) is 0 Å². The van der Waals surface area contributed by atoms with Crippen molar-refractivity contribution in [2.24, 2.45) is 0 Å². The minimum Gasteiger partial charge on any atom is -0.398 e. The van der Waals surface area contributed by atoms with Crippen LogP contribution in [0.1, 0.15) is 11.3 Å². The average molecular weight is 268 g/mol. The normalized spacial score (nSPS) is 11.0. The molecular formula is C12H14ClN3S. The van der Waals surface area contributed by atoms with Crippen LogP contribution in [0.4, 0.5) is 5.69 Å². The Kier molecular flexibility index (Phi) is 3.99. The van der Waals surface area contributed by atoms with Gasteiger partial charge in [0.2, 0.25) is 0 Å². The summed E-state index contributed by atoms with van der Waals surface area (Å²) in [6.07, 6.45) is 0. The molecule has 0 radical (unpaired) electrons. The topological polar surface area (TPSA) is 42.2 Å². The monoisotopic (exact) mass is 267 g/mol. The smallest absolute Gasteiger partial charge is 0.0795 e. The Morgan fingerprint density at radius 1 is 1.41 bits per heavy atom. The molecular weight excluding hydrogens is 254 g/mol. The highest BCUT2D eigenvalue weighted by Crippen LogP contribution is 2.23. The number of hydrogen-bond acceptors (Lipinski definition) is 4. The van der Waals surface area contributed by atoms with E-state index in [0.717, 1.165) is 35.1 Å². The van der Waals surface area contributed by atoms with E-state index >= 15 is 0 Å². The first-order valence-electron chi connectivity index (χ1n) is 5.25. The van der Waals surface area contributed by atoms with Crippen LogP contribution in [0.2, 0.25) is 5.02 Å². The maximum atomic E-state index is 6.14. The fourth-order valence-corrected chi connectivity index (χ4v) is 2.45. The van der Waals surface area contributed by atoms with Gasteiger partial charge >= 0.3 is 0 Å². The molecule has 0 aliphatic carbocycles. The fraction of sp³-hybridized carbons (Fsp3) is 0.250. The Bertz CT molecular complexity index is 464. The van der Waals surface area contributed by atoms with Gasteiger partial charge in [0.15, 0.2) is 0 Å². The first-order chi connectivity index (χ1) is 8.16. The average Bonchev–Trinajstić information content (AvgIpc) is 2.76. The first-order valence-corrected chi connectivity index (χ1v) is 6.57. The van der Waals surface area contributed by atoms with Crippen LogP contribution in [0.3, 0.4) is 0 Å². The number of anilines is 1. The van der Waals surface area contributed by atoms with Gasteiger partial charge in [0.05, 0.1) is 11.2 Å². The summed E-state index contributed by atoms with van der Waals surface area (Å²) < 4.78 is 0. The van der Waals surface area contributed by atoms with Crippen molar-refractivity contribution < 1.29 is 0 Å². The molecule has 17 heavy (non-hydrogen) atoms. The standard InChI is InChI=1S/C12H14ClN3S/c1-16(5-9-7-17-8-15-9)6-10-11(13)3-2-4-12(10)14/h2-4,7-8H,5-6,14H2,1H3. The molecule has 3 nitrogen and oxygen atoms in total. The highest BCUT2D eigenvalue weighted by molar-refractivity contribution is 7.07. The summed E-state index contributed by atoms with van der Waals surface area (Å²) >= 11 is 7.74. The van der Waals surface area contributed by atoms with Gasteiger partial charge in [-0.3, -0.25) is 4.90 Å². The molecule has 0 bridgehead atoms.